The highest BCUT2D eigenvalue weighted by Gasteiger charge is 2.15. The molecule has 0 heterocycles. The van der Waals surface area contributed by atoms with Crippen molar-refractivity contribution in [2.45, 2.75) is 18.7 Å². The van der Waals surface area contributed by atoms with Crippen molar-refractivity contribution in [3.8, 4) is 5.75 Å². The maximum atomic E-state index is 11.2. The largest absolute Gasteiger partial charge is 0.493 e. The van der Waals surface area contributed by atoms with Crippen LogP contribution in [0.4, 0.5) is 0 Å². The normalized spacial score (nSPS) is 11.8. The predicted molar refractivity (Wildman–Crippen MR) is 64.8 cm³/mol. The van der Waals surface area contributed by atoms with Gasteiger partial charge in [-0.05, 0) is 18.1 Å². The Kier molecular flexibility index (Phi) is 4.47. The lowest BCUT2D eigenvalue weighted by Crippen LogP contribution is -2.05. The Labute approximate surface area is 105 Å². The molecule has 1 rings (SSSR count). The van der Waals surface area contributed by atoms with Crippen molar-refractivity contribution in [1.82, 2.24) is 0 Å². The van der Waals surface area contributed by atoms with Gasteiger partial charge in [0.25, 0.3) is 9.05 Å². The summed E-state index contributed by atoms with van der Waals surface area (Å²) in [5, 5.41) is 0.0897. The standard InChI is InChI=1S/C10H12Cl2O3S/c1-7(2)6-15-8-3-4-9(11)10(5-8)16(12,13)14/h3-5,7H,6H2,1-2H3. The second-order valence-electron chi connectivity index (χ2n) is 3.73. The van der Waals surface area contributed by atoms with Gasteiger partial charge in [0.1, 0.15) is 10.6 Å². The highest BCUT2D eigenvalue weighted by Crippen LogP contribution is 2.28. The monoisotopic (exact) mass is 282 g/mol. The Hall–Kier alpha value is -0.450. The van der Waals surface area contributed by atoms with Crippen LogP contribution in [0.15, 0.2) is 23.1 Å². The number of benzene rings is 1. The molecule has 0 aromatic heterocycles. The van der Waals surface area contributed by atoms with Crippen LogP contribution in [0.2, 0.25) is 5.02 Å². The fourth-order valence-corrected chi connectivity index (χ4v) is 2.50. The summed E-state index contributed by atoms with van der Waals surface area (Å²) >= 11 is 5.72. The van der Waals surface area contributed by atoms with Crippen molar-refractivity contribution in [2.24, 2.45) is 5.92 Å². The molecule has 3 nitrogen and oxygen atoms in total. The van der Waals surface area contributed by atoms with Crippen molar-refractivity contribution in [2.75, 3.05) is 6.61 Å². The minimum absolute atomic E-state index is 0.0897. The summed E-state index contributed by atoms with van der Waals surface area (Å²) in [6, 6.07) is 4.38. The Bertz CT molecular complexity index is 469. The molecule has 0 N–H and O–H groups in total. The predicted octanol–water partition coefficient (Wildman–Crippen LogP) is 3.30. The van der Waals surface area contributed by atoms with Crippen LogP contribution >= 0.6 is 22.3 Å². The van der Waals surface area contributed by atoms with E-state index in [0.29, 0.717) is 18.3 Å². The summed E-state index contributed by atoms with van der Waals surface area (Å²) in [5.74, 6) is 0.795. The molecule has 0 radical (unpaired) electrons. The fraction of sp³-hybridized carbons (Fsp3) is 0.400. The molecule has 1 aromatic rings. The first-order valence-corrected chi connectivity index (χ1v) is 7.36. The van der Waals surface area contributed by atoms with E-state index in [1.807, 2.05) is 13.8 Å². The van der Waals surface area contributed by atoms with E-state index in [0.717, 1.165) is 0 Å². The quantitative estimate of drug-likeness (QED) is 0.796. The molecule has 0 aliphatic carbocycles. The average molecular weight is 283 g/mol. The number of rotatable bonds is 4. The van der Waals surface area contributed by atoms with Gasteiger partial charge in [0.2, 0.25) is 0 Å². The second-order valence-corrected chi connectivity index (χ2v) is 6.68. The third kappa shape index (κ3) is 3.85. The highest BCUT2D eigenvalue weighted by atomic mass is 35.7. The van der Waals surface area contributed by atoms with Crippen LogP contribution in [-0.4, -0.2) is 15.0 Å². The minimum Gasteiger partial charge on any atom is -0.493 e. The first-order valence-electron chi connectivity index (χ1n) is 4.67. The van der Waals surface area contributed by atoms with Crippen LogP contribution < -0.4 is 4.74 Å². The van der Waals surface area contributed by atoms with E-state index in [1.54, 1.807) is 6.07 Å². The molecular weight excluding hydrogens is 271 g/mol. The van der Waals surface area contributed by atoms with Crippen LogP contribution in [0.25, 0.3) is 0 Å². The molecule has 0 aliphatic heterocycles. The molecule has 0 atom stereocenters. The number of hydrogen-bond donors (Lipinski definition) is 0. The Morgan fingerprint density at radius 1 is 1.38 bits per heavy atom. The van der Waals surface area contributed by atoms with Crippen LogP contribution in [0.3, 0.4) is 0 Å². The van der Waals surface area contributed by atoms with Crippen molar-refractivity contribution < 1.29 is 13.2 Å². The van der Waals surface area contributed by atoms with Gasteiger partial charge in [0.15, 0.2) is 0 Å². The maximum Gasteiger partial charge on any atom is 0.262 e. The van der Waals surface area contributed by atoms with Gasteiger partial charge in [0, 0.05) is 16.7 Å². The number of hydrogen-bond acceptors (Lipinski definition) is 3. The van der Waals surface area contributed by atoms with Gasteiger partial charge in [-0.3, -0.25) is 0 Å². The second kappa shape index (κ2) is 5.25. The van der Waals surface area contributed by atoms with Gasteiger partial charge < -0.3 is 4.74 Å². The molecule has 0 unspecified atom stereocenters. The van der Waals surface area contributed by atoms with E-state index in [-0.39, 0.29) is 9.92 Å². The first-order chi connectivity index (χ1) is 7.30. The molecule has 6 heteroatoms. The molecule has 0 saturated carbocycles. The van der Waals surface area contributed by atoms with Crippen LogP contribution in [-0.2, 0) is 9.05 Å². The van der Waals surface area contributed by atoms with Gasteiger partial charge in [-0.1, -0.05) is 25.4 Å². The van der Waals surface area contributed by atoms with E-state index in [4.69, 9.17) is 27.0 Å². The molecule has 0 amide bonds. The van der Waals surface area contributed by atoms with E-state index < -0.39 is 9.05 Å². The van der Waals surface area contributed by atoms with E-state index in [9.17, 15) is 8.42 Å². The third-order valence-corrected chi connectivity index (χ3v) is 3.55. The molecule has 16 heavy (non-hydrogen) atoms. The van der Waals surface area contributed by atoms with Crippen LogP contribution in [0.1, 0.15) is 13.8 Å². The lowest BCUT2D eigenvalue weighted by molar-refractivity contribution is 0.270. The Morgan fingerprint density at radius 3 is 2.50 bits per heavy atom. The molecule has 0 aliphatic rings. The summed E-state index contributed by atoms with van der Waals surface area (Å²) in [7, 11) is 1.40. The molecule has 0 fully saturated rings. The summed E-state index contributed by atoms with van der Waals surface area (Å²) in [6.07, 6.45) is 0. The van der Waals surface area contributed by atoms with Gasteiger partial charge in [-0.25, -0.2) is 8.42 Å². The molecule has 0 spiro atoms. The van der Waals surface area contributed by atoms with Crippen molar-refractivity contribution in [3.05, 3.63) is 23.2 Å². The van der Waals surface area contributed by atoms with Gasteiger partial charge >= 0.3 is 0 Å². The molecule has 90 valence electrons. The molecule has 0 saturated heterocycles. The van der Waals surface area contributed by atoms with Gasteiger partial charge in [-0.15, -0.1) is 0 Å². The van der Waals surface area contributed by atoms with Gasteiger partial charge in [0.05, 0.1) is 11.6 Å². The van der Waals surface area contributed by atoms with E-state index >= 15 is 0 Å². The van der Waals surface area contributed by atoms with Crippen molar-refractivity contribution >= 4 is 31.3 Å². The average Bonchev–Trinajstić information content (AvgIpc) is 2.14. The lowest BCUT2D eigenvalue weighted by Gasteiger charge is -2.09. The number of ether oxygens (including phenoxy) is 1. The zero-order chi connectivity index (χ0) is 12.3. The van der Waals surface area contributed by atoms with Crippen molar-refractivity contribution in [1.29, 1.82) is 0 Å². The first kappa shape index (κ1) is 13.6. The highest BCUT2D eigenvalue weighted by molar-refractivity contribution is 8.13. The van der Waals surface area contributed by atoms with E-state index in [1.165, 1.54) is 12.1 Å². The zero-order valence-electron chi connectivity index (χ0n) is 8.91. The summed E-state index contributed by atoms with van der Waals surface area (Å²) in [6.45, 7) is 4.49. The van der Waals surface area contributed by atoms with Crippen LogP contribution in [0, 0.1) is 5.92 Å². The molecule has 1 aromatic carbocycles. The molecule has 0 bridgehead atoms. The van der Waals surface area contributed by atoms with Gasteiger partial charge in [-0.2, -0.15) is 0 Å². The maximum absolute atomic E-state index is 11.2. The SMILES string of the molecule is CC(C)COc1ccc(Cl)c(S(=O)(=O)Cl)c1. The minimum atomic E-state index is -3.83. The smallest absolute Gasteiger partial charge is 0.262 e. The summed E-state index contributed by atoms with van der Waals surface area (Å²) in [4.78, 5) is -0.128. The Balaban J connectivity index is 2.99. The topological polar surface area (TPSA) is 43.4 Å². The summed E-state index contributed by atoms with van der Waals surface area (Å²) in [5.41, 5.74) is 0. The zero-order valence-corrected chi connectivity index (χ0v) is 11.2. The molecular formula is C10H12Cl2O3S. The summed E-state index contributed by atoms with van der Waals surface area (Å²) < 4.78 is 27.7. The Morgan fingerprint density at radius 2 is 2.00 bits per heavy atom. The van der Waals surface area contributed by atoms with Crippen molar-refractivity contribution in [3.63, 3.8) is 0 Å². The lowest BCUT2D eigenvalue weighted by atomic mass is 10.2. The fourth-order valence-electron chi connectivity index (χ4n) is 1.02. The van der Waals surface area contributed by atoms with E-state index in [2.05, 4.69) is 0 Å². The third-order valence-electron chi connectivity index (χ3n) is 1.75. The van der Waals surface area contributed by atoms with Crippen LogP contribution in [0.5, 0.6) is 5.75 Å². The number of halogens is 2.